The molecular weight excluding hydrogens is 312 g/mol. The minimum absolute atomic E-state index is 0.00937. The molecule has 1 N–H and O–H groups in total. The Bertz CT molecular complexity index is 613. The molecule has 1 aromatic heterocycles. The second-order valence-electron chi connectivity index (χ2n) is 5.61. The molecule has 1 unspecified atom stereocenters. The number of aliphatic hydroxyl groups is 1. The Hall–Kier alpha value is -1.79. The molecule has 2 rings (SSSR count). The summed E-state index contributed by atoms with van der Waals surface area (Å²) < 4.78 is 10.4. The van der Waals surface area contributed by atoms with Gasteiger partial charge in [-0.1, -0.05) is 55.9 Å². The van der Waals surface area contributed by atoms with E-state index >= 15 is 0 Å². The van der Waals surface area contributed by atoms with E-state index in [1.54, 1.807) is 20.3 Å². The van der Waals surface area contributed by atoms with Crippen molar-refractivity contribution in [3.8, 4) is 11.8 Å². The van der Waals surface area contributed by atoms with E-state index in [9.17, 15) is 5.11 Å². The molecule has 0 amide bonds. The minimum Gasteiger partial charge on any atom is -0.481 e. The Kier molecular flexibility index (Phi) is 5.85. The molecule has 23 heavy (non-hydrogen) atoms. The van der Waals surface area contributed by atoms with Gasteiger partial charge in [-0.05, 0) is 5.56 Å². The Morgan fingerprint density at radius 2 is 1.65 bits per heavy atom. The molecular formula is C17H22N2O3S. The van der Waals surface area contributed by atoms with E-state index in [1.165, 1.54) is 11.8 Å². The molecule has 0 saturated carbocycles. The van der Waals surface area contributed by atoms with Crippen molar-refractivity contribution in [2.24, 2.45) is 0 Å². The van der Waals surface area contributed by atoms with Gasteiger partial charge in [0.25, 0.3) is 0 Å². The Morgan fingerprint density at radius 3 is 2.13 bits per heavy atom. The van der Waals surface area contributed by atoms with Gasteiger partial charge in [0.1, 0.15) is 0 Å². The summed E-state index contributed by atoms with van der Waals surface area (Å²) in [5.41, 5.74) is 0.904. The van der Waals surface area contributed by atoms with Gasteiger partial charge in [-0.15, -0.1) is 0 Å². The van der Waals surface area contributed by atoms with Crippen LogP contribution in [0, 0.1) is 0 Å². The van der Waals surface area contributed by atoms with Crippen LogP contribution in [0.1, 0.15) is 19.4 Å². The third kappa shape index (κ3) is 4.14. The lowest BCUT2D eigenvalue weighted by Crippen LogP contribution is -2.34. The van der Waals surface area contributed by atoms with Gasteiger partial charge in [0.05, 0.1) is 26.9 Å². The molecule has 0 radical (unpaired) electrons. The summed E-state index contributed by atoms with van der Waals surface area (Å²) >= 11 is 1.42. The molecule has 2 aromatic rings. The van der Waals surface area contributed by atoms with Crippen LogP contribution in [-0.4, -0.2) is 41.2 Å². The quantitative estimate of drug-likeness (QED) is 0.620. The van der Waals surface area contributed by atoms with Gasteiger partial charge in [-0.3, -0.25) is 0 Å². The monoisotopic (exact) mass is 334 g/mol. The molecule has 1 aromatic carbocycles. The Balaban J connectivity index is 2.29. The lowest BCUT2D eigenvalue weighted by molar-refractivity contribution is 0.260. The van der Waals surface area contributed by atoms with Crippen LogP contribution in [0.3, 0.4) is 0 Å². The van der Waals surface area contributed by atoms with Crippen molar-refractivity contribution in [3.05, 3.63) is 42.0 Å². The highest BCUT2D eigenvalue weighted by Gasteiger charge is 2.32. The number of nitrogens with zero attached hydrogens (tertiary/aromatic N) is 2. The molecule has 0 aliphatic heterocycles. The van der Waals surface area contributed by atoms with Crippen molar-refractivity contribution in [1.82, 2.24) is 9.97 Å². The average molecular weight is 334 g/mol. The van der Waals surface area contributed by atoms with Crippen LogP contribution in [0.25, 0.3) is 0 Å². The first kappa shape index (κ1) is 17.6. The first-order chi connectivity index (χ1) is 11.0. The number of hydrogen-bond acceptors (Lipinski definition) is 6. The van der Waals surface area contributed by atoms with Gasteiger partial charge < -0.3 is 14.6 Å². The summed E-state index contributed by atoms with van der Waals surface area (Å²) in [6, 6.07) is 11.7. The van der Waals surface area contributed by atoms with Gasteiger partial charge in [0.2, 0.25) is 11.8 Å². The molecule has 0 aliphatic carbocycles. The highest BCUT2D eigenvalue weighted by Crippen LogP contribution is 2.37. The lowest BCUT2D eigenvalue weighted by atomic mass is 9.81. The summed E-state index contributed by atoms with van der Waals surface area (Å²) in [5.74, 6) is 0.877. The summed E-state index contributed by atoms with van der Waals surface area (Å²) in [4.78, 5) is 8.67. The van der Waals surface area contributed by atoms with Crippen LogP contribution in [0.5, 0.6) is 11.8 Å². The fourth-order valence-electron chi connectivity index (χ4n) is 2.24. The van der Waals surface area contributed by atoms with E-state index in [-0.39, 0.29) is 17.3 Å². The predicted octanol–water partition coefficient (Wildman–Crippen LogP) is 2.92. The number of rotatable bonds is 7. The smallest absolute Gasteiger partial charge is 0.220 e. The molecule has 0 aliphatic rings. The number of aromatic nitrogens is 2. The van der Waals surface area contributed by atoms with E-state index in [2.05, 4.69) is 35.9 Å². The molecule has 5 nitrogen and oxygen atoms in total. The fourth-order valence-corrected chi connectivity index (χ4v) is 3.28. The van der Waals surface area contributed by atoms with E-state index in [1.807, 2.05) is 18.2 Å². The number of hydrogen-bond donors (Lipinski definition) is 1. The number of methoxy groups -OCH3 is 2. The Labute approximate surface area is 141 Å². The van der Waals surface area contributed by atoms with E-state index < -0.39 is 0 Å². The average Bonchev–Trinajstić information content (AvgIpc) is 2.59. The summed E-state index contributed by atoms with van der Waals surface area (Å²) in [5, 5.41) is 10.3. The van der Waals surface area contributed by atoms with Crippen LogP contribution in [-0.2, 0) is 5.41 Å². The van der Waals surface area contributed by atoms with Crippen molar-refractivity contribution in [2.75, 3.05) is 20.8 Å². The van der Waals surface area contributed by atoms with Gasteiger partial charge in [0.15, 0.2) is 5.16 Å². The zero-order chi connectivity index (χ0) is 16.9. The molecule has 1 atom stereocenters. The number of benzene rings is 1. The number of thioether (sulfide) groups is 1. The molecule has 0 fully saturated rings. The third-order valence-electron chi connectivity index (χ3n) is 3.81. The van der Waals surface area contributed by atoms with Gasteiger partial charge in [-0.2, -0.15) is 9.97 Å². The van der Waals surface area contributed by atoms with Crippen molar-refractivity contribution in [2.45, 2.75) is 29.7 Å². The second-order valence-corrected chi connectivity index (χ2v) is 6.78. The summed E-state index contributed by atoms with van der Waals surface area (Å²) in [6.07, 6.45) is 0. The maximum Gasteiger partial charge on any atom is 0.220 e. The fraction of sp³-hybridized carbons (Fsp3) is 0.412. The normalized spacial score (nSPS) is 12.7. The molecule has 1 heterocycles. The van der Waals surface area contributed by atoms with E-state index in [0.717, 1.165) is 5.56 Å². The highest BCUT2D eigenvalue weighted by molar-refractivity contribution is 7.99. The van der Waals surface area contributed by atoms with Crippen LogP contribution in [0.4, 0.5) is 0 Å². The first-order valence-corrected chi connectivity index (χ1v) is 8.19. The SMILES string of the molecule is COc1cc(OC)nc(SC(CO)C(C)(C)c2ccccc2)n1. The van der Waals surface area contributed by atoms with E-state index in [4.69, 9.17) is 9.47 Å². The second kappa shape index (κ2) is 7.66. The largest absolute Gasteiger partial charge is 0.481 e. The van der Waals surface area contributed by atoms with Crippen LogP contribution >= 0.6 is 11.8 Å². The van der Waals surface area contributed by atoms with Crippen molar-refractivity contribution >= 4 is 11.8 Å². The molecule has 6 heteroatoms. The first-order valence-electron chi connectivity index (χ1n) is 7.31. The number of aliphatic hydroxyl groups excluding tert-OH is 1. The minimum atomic E-state index is -0.250. The van der Waals surface area contributed by atoms with Crippen LogP contribution in [0.15, 0.2) is 41.6 Å². The topological polar surface area (TPSA) is 64.5 Å². The van der Waals surface area contributed by atoms with Gasteiger partial charge in [-0.25, -0.2) is 0 Å². The third-order valence-corrected chi connectivity index (χ3v) is 5.23. The van der Waals surface area contributed by atoms with E-state index in [0.29, 0.717) is 16.9 Å². The molecule has 0 spiro atoms. The zero-order valence-electron chi connectivity index (χ0n) is 13.8. The zero-order valence-corrected chi connectivity index (χ0v) is 14.6. The Morgan fingerprint density at radius 1 is 1.09 bits per heavy atom. The van der Waals surface area contributed by atoms with Crippen LogP contribution in [0.2, 0.25) is 0 Å². The summed E-state index contributed by atoms with van der Waals surface area (Å²) in [7, 11) is 3.10. The summed E-state index contributed by atoms with van der Waals surface area (Å²) in [6.45, 7) is 4.22. The van der Waals surface area contributed by atoms with Gasteiger partial charge >= 0.3 is 0 Å². The standard InChI is InChI=1S/C17H22N2O3S/c1-17(2,12-8-6-5-7-9-12)13(11-20)23-16-18-14(21-3)10-15(19-16)22-4/h5-10,13,20H,11H2,1-4H3. The molecule has 0 bridgehead atoms. The van der Waals surface area contributed by atoms with Gasteiger partial charge in [0, 0.05) is 10.7 Å². The van der Waals surface area contributed by atoms with Crippen LogP contribution < -0.4 is 9.47 Å². The van der Waals surface area contributed by atoms with Crippen molar-refractivity contribution < 1.29 is 14.6 Å². The highest BCUT2D eigenvalue weighted by atomic mass is 32.2. The van der Waals surface area contributed by atoms with Crippen molar-refractivity contribution in [1.29, 1.82) is 0 Å². The maximum atomic E-state index is 9.90. The molecule has 124 valence electrons. The lowest BCUT2D eigenvalue weighted by Gasteiger charge is -2.32. The van der Waals surface area contributed by atoms with Crippen molar-refractivity contribution in [3.63, 3.8) is 0 Å². The maximum absolute atomic E-state index is 9.90. The predicted molar refractivity (Wildman–Crippen MR) is 91.3 cm³/mol. The number of ether oxygens (including phenoxy) is 2. The molecule has 0 saturated heterocycles.